The van der Waals surface area contributed by atoms with E-state index in [0.717, 1.165) is 27.6 Å². The normalized spacial score (nSPS) is 11.3. The molecular formula is C22H17N5O. The highest BCUT2D eigenvalue weighted by Crippen LogP contribution is 2.28. The van der Waals surface area contributed by atoms with Crippen LogP contribution in [0.3, 0.4) is 0 Å². The van der Waals surface area contributed by atoms with Gasteiger partial charge in [0.2, 0.25) is 0 Å². The summed E-state index contributed by atoms with van der Waals surface area (Å²) in [6, 6.07) is 18.0. The first-order chi connectivity index (χ1) is 13.7. The lowest BCUT2D eigenvalue weighted by Gasteiger charge is -2.10. The summed E-state index contributed by atoms with van der Waals surface area (Å²) in [7, 11) is 1.92. The van der Waals surface area contributed by atoms with Gasteiger partial charge >= 0.3 is 0 Å². The molecule has 0 unspecified atom stereocenters. The predicted molar refractivity (Wildman–Crippen MR) is 109 cm³/mol. The van der Waals surface area contributed by atoms with Gasteiger partial charge in [-0.2, -0.15) is 5.10 Å². The Hall–Kier alpha value is -3.80. The summed E-state index contributed by atoms with van der Waals surface area (Å²) in [5.74, 6) is 0. The highest BCUT2D eigenvalue weighted by molar-refractivity contribution is 5.94. The Morgan fingerprint density at radius 2 is 1.82 bits per heavy atom. The molecule has 0 saturated carbocycles. The molecular weight excluding hydrogens is 350 g/mol. The van der Waals surface area contributed by atoms with Gasteiger partial charge in [0.25, 0.3) is 5.56 Å². The number of nitrogens with zero attached hydrogens (tertiary/aromatic N) is 5. The number of aryl methyl sites for hydroxylation is 1. The van der Waals surface area contributed by atoms with E-state index in [1.54, 1.807) is 10.8 Å². The summed E-state index contributed by atoms with van der Waals surface area (Å²) < 4.78 is 3.48. The molecule has 6 heteroatoms. The van der Waals surface area contributed by atoms with Crippen LogP contribution in [0.1, 0.15) is 5.56 Å². The molecule has 0 spiro atoms. The van der Waals surface area contributed by atoms with E-state index in [1.807, 2.05) is 54.3 Å². The van der Waals surface area contributed by atoms with Gasteiger partial charge in [0.05, 0.1) is 18.3 Å². The maximum atomic E-state index is 12.4. The molecule has 136 valence electrons. The van der Waals surface area contributed by atoms with Crippen LogP contribution in [0.25, 0.3) is 33.2 Å². The number of fused-ring (bicyclic) bond motifs is 2. The van der Waals surface area contributed by atoms with Crippen LogP contribution in [-0.2, 0) is 13.6 Å². The van der Waals surface area contributed by atoms with E-state index in [2.05, 4.69) is 33.3 Å². The molecule has 0 N–H and O–H groups in total. The van der Waals surface area contributed by atoms with E-state index in [-0.39, 0.29) is 5.56 Å². The summed E-state index contributed by atoms with van der Waals surface area (Å²) in [5.41, 5.74) is 5.34. The monoisotopic (exact) mass is 367 g/mol. The summed E-state index contributed by atoms with van der Waals surface area (Å²) in [5, 5.41) is 5.60. The molecule has 5 rings (SSSR count). The minimum atomic E-state index is -0.161. The van der Waals surface area contributed by atoms with E-state index in [4.69, 9.17) is 0 Å². The maximum Gasteiger partial charge on any atom is 0.270 e. The molecule has 0 aliphatic heterocycles. The van der Waals surface area contributed by atoms with Gasteiger partial charge in [-0.05, 0) is 41.0 Å². The smallest absolute Gasteiger partial charge is 0.270 e. The highest BCUT2D eigenvalue weighted by Gasteiger charge is 2.09. The molecule has 0 aliphatic carbocycles. The first-order valence-corrected chi connectivity index (χ1v) is 9.01. The second-order valence-electron chi connectivity index (χ2n) is 6.77. The van der Waals surface area contributed by atoms with Crippen LogP contribution in [0.4, 0.5) is 0 Å². The zero-order valence-corrected chi connectivity index (χ0v) is 15.3. The number of benzene rings is 2. The van der Waals surface area contributed by atoms with E-state index in [0.29, 0.717) is 17.7 Å². The van der Waals surface area contributed by atoms with E-state index in [9.17, 15) is 4.79 Å². The third kappa shape index (κ3) is 2.75. The van der Waals surface area contributed by atoms with Crippen molar-refractivity contribution in [3.05, 3.63) is 89.1 Å². The van der Waals surface area contributed by atoms with Gasteiger partial charge in [-0.3, -0.25) is 14.0 Å². The van der Waals surface area contributed by atoms with Crippen LogP contribution >= 0.6 is 0 Å². The molecule has 0 amide bonds. The first-order valence-electron chi connectivity index (χ1n) is 9.01. The third-order valence-corrected chi connectivity index (χ3v) is 4.85. The lowest BCUT2D eigenvalue weighted by atomic mass is 10.00. The molecule has 5 aromatic rings. The van der Waals surface area contributed by atoms with Crippen LogP contribution < -0.4 is 5.56 Å². The average Bonchev–Trinajstić information content (AvgIpc) is 3.10. The zero-order valence-electron chi connectivity index (χ0n) is 15.3. The van der Waals surface area contributed by atoms with Gasteiger partial charge in [-0.1, -0.05) is 30.3 Å². The second-order valence-corrected chi connectivity index (χ2v) is 6.77. The van der Waals surface area contributed by atoms with Gasteiger partial charge in [-0.15, -0.1) is 0 Å². The molecule has 0 radical (unpaired) electrons. The molecule has 2 aromatic carbocycles. The summed E-state index contributed by atoms with van der Waals surface area (Å²) in [4.78, 5) is 21.0. The standard InChI is InChI=1S/C22H17N5O/c1-26-14-18-17(7-3-8-19(18)25-26)16-6-2-5-15(11-16)13-27-21(28)12-24-20-9-4-10-23-22(20)27/h2-12,14H,13H2,1H3. The molecule has 28 heavy (non-hydrogen) atoms. The van der Waals surface area contributed by atoms with Crippen LogP contribution in [0.5, 0.6) is 0 Å². The van der Waals surface area contributed by atoms with Crippen molar-refractivity contribution in [1.82, 2.24) is 24.3 Å². The van der Waals surface area contributed by atoms with Crippen molar-refractivity contribution in [2.75, 3.05) is 0 Å². The molecule has 0 atom stereocenters. The largest absolute Gasteiger partial charge is 0.286 e. The van der Waals surface area contributed by atoms with Gasteiger partial charge in [-0.25, -0.2) is 9.97 Å². The van der Waals surface area contributed by atoms with Crippen LogP contribution in [0, 0.1) is 0 Å². The van der Waals surface area contributed by atoms with Gasteiger partial charge in [0.1, 0.15) is 5.52 Å². The Morgan fingerprint density at radius 1 is 0.964 bits per heavy atom. The van der Waals surface area contributed by atoms with E-state index >= 15 is 0 Å². The Bertz CT molecular complexity index is 1380. The summed E-state index contributed by atoms with van der Waals surface area (Å²) in [6.07, 6.45) is 5.06. The van der Waals surface area contributed by atoms with E-state index < -0.39 is 0 Å². The Kier molecular flexibility index (Phi) is 3.76. The minimum Gasteiger partial charge on any atom is -0.286 e. The van der Waals surface area contributed by atoms with Crippen molar-refractivity contribution in [1.29, 1.82) is 0 Å². The summed E-state index contributed by atoms with van der Waals surface area (Å²) >= 11 is 0. The lowest BCUT2D eigenvalue weighted by molar-refractivity contribution is 0.775. The fourth-order valence-electron chi connectivity index (χ4n) is 3.58. The average molecular weight is 367 g/mol. The number of hydrogen-bond acceptors (Lipinski definition) is 4. The zero-order chi connectivity index (χ0) is 19.1. The van der Waals surface area contributed by atoms with Crippen molar-refractivity contribution in [3.63, 3.8) is 0 Å². The topological polar surface area (TPSA) is 65.6 Å². The fraction of sp³-hybridized carbons (Fsp3) is 0.0909. The van der Waals surface area contributed by atoms with Crippen LogP contribution in [0.2, 0.25) is 0 Å². The quantitative estimate of drug-likeness (QED) is 0.490. The first kappa shape index (κ1) is 16.4. The minimum absolute atomic E-state index is 0.161. The molecule has 3 aromatic heterocycles. The molecule has 3 heterocycles. The van der Waals surface area contributed by atoms with Crippen molar-refractivity contribution in [2.24, 2.45) is 7.05 Å². The molecule has 0 bridgehead atoms. The van der Waals surface area contributed by atoms with Crippen molar-refractivity contribution in [3.8, 4) is 11.1 Å². The number of pyridine rings is 1. The maximum absolute atomic E-state index is 12.4. The SMILES string of the molecule is Cn1cc2c(-c3cccc(Cn4c(=O)cnc5cccnc54)c3)cccc2n1. The molecule has 0 saturated heterocycles. The molecule has 6 nitrogen and oxygen atoms in total. The van der Waals surface area contributed by atoms with Crippen molar-refractivity contribution >= 4 is 22.1 Å². The number of rotatable bonds is 3. The predicted octanol–water partition coefficient (Wildman–Crippen LogP) is 3.39. The Morgan fingerprint density at radius 3 is 2.75 bits per heavy atom. The van der Waals surface area contributed by atoms with E-state index in [1.165, 1.54) is 6.20 Å². The Balaban J connectivity index is 1.61. The van der Waals surface area contributed by atoms with Crippen LogP contribution in [0.15, 0.2) is 78.0 Å². The van der Waals surface area contributed by atoms with Crippen molar-refractivity contribution in [2.45, 2.75) is 6.54 Å². The fourth-order valence-corrected chi connectivity index (χ4v) is 3.58. The van der Waals surface area contributed by atoms with Gasteiger partial charge in [0.15, 0.2) is 5.65 Å². The summed E-state index contributed by atoms with van der Waals surface area (Å²) in [6.45, 7) is 0.436. The third-order valence-electron chi connectivity index (χ3n) is 4.85. The number of aromatic nitrogens is 5. The highest BCUT2D eigenvalue weighted by atomic mass is 16.1. The second kappa shape index (κ2) is 6.42. The lowest BCUT2D eigenvalue weighted by Crippen LogP contribution is -2.21. The van der Waals surface area contributed by atoms with Crippen molar-refractivity contribution < 1.29 is 0 Å². The number of hydrogen-bond donors (Lipinski definition) is 0. The van der Waals surface area contributed by atoms with Crippen LogP contribution in [-0.4, -0.2) is 24.3 Å². The molecule has 0 aliphatic rings. The Labute approximate surface area is 160 Å². The van der Waals surface area contributed by atoms with Gasteiger partial charge < -0.3 is 0 Å². The van der Waals surface area contributed by atoms with Gasteiger partial charge in [0, 0.05) is 24.8 Å². The molecule has 0 fully saturated rings.